The first-order chi connectivity index (χ1) is 55.6. The Morgan fingerprint density at radius 2 is 0.735 bits per heavy atom. The highest BCUT2D eigenvalue weighted by atomic mass is 32.2. The van der Waals surface area contributed by atoms with Gasteiger partial charge in [-0.1, -0.05) is 52.3 Å². The minimum atomic E-state index is -3.64. The number of hydrogen-bond acceptors (Lipinski definition) is 22. The summed E-state index contributed by atoms with van der Waals surface area (Å²) in [5.41, 5.74) is 2.84. The zero-order valence-corrected chi connectivity index (χ0v) is 69.9. The summed E-state index contributed by atoms with van der Waals surface area (Å²) in [4.78, 5) is 102. The number of rotatable bonds is 16. The van der Waals surface area contributed by atoms with E-state index in [1.165, 1.54) is 4.31 Å². The highest BCUT2D eigenvalue weighted by molar-refractivity contribution is 7.89. The summed E-state index contributed by atoms with van der Waals surface area (Å²) in [6, 6.07) is 17.9. The second-order valence-corrected chi connectivity index (χ2v) is 34.7. The maximum Gasteiger partial charge on any atom is 0.409 e. The number of carbonyl (C=O) groups excluding carboxylic acids is 3. The van der Waals surface area contributed by atoms with Gasteiger partial charge in [-0.2, -0.15) is 4.31 Å². The first-order valence-electron chi connectivity index (χ1n) is 41.1. The summed E-state index contributed by atoms with van der Waals surface area (Å²) in [7, 11) is -3.64. The Kier molecular flexibility index (Phi) is 30.1. The zero-order chi connectivity index (χ0) is 84.9. The lowest BCUT2D eigenvalue weighted by Gasteiger charge is -2.39. The van der Waals surface area contributed by atoms with E-state index >= 15 is 0 Å². The van der Waals surface area contributed by atoms with Gasteiger partial charge in [0, 0.05) is 167 Å². The number of carbonyl (C=O) groups is 3. The second kappa shape index (κ2) is 39.5. The number of anilines is 8. The number of aryl methyl sites for hydroxylation is 1. The van der Waals surface area contributed by atoms with Crippen molar-refractivity contribution in [1.29, 1.82) is 0 Å². The number of nitrogens with zero attached hydrogens (tertiary/aromatic N) is 16. The molecule has 3 atom stereocenters. The molecule has 0 spiro atoms. The lowest BCUT2D eigenvalue weighted by molar-refractivity contribution is -0.384. The third-order valence-electron chi connectivity index (χ3n) is 23.4. The Hall–Kier alpha value is -10.1. The summed E-state index contributed by atoms with van der Waals surface area (Å²) in [5.74, 6) is -2.14. The van der Waals surface area contributed by atoms with E-state index in [9.17, 15) is 80.8 Å². The second-order valence-electron chi connectivity index (χ2n) is 32.7. The molecule has 13 rings (SSSR count). The topological polar surface area (TPSA) is 306 Å². The van der Waals surface area contributed by atoms with Crippen molar-refractivity contribution in [2.75, 3.05) is 183 Å². The van der Waals surface area contributed by atoms with Gasteiger partial charge in [0.2, 0.25) is 21.8 Å². The van der Waals surface area contributed by atoms with Gasteiger partial charge in [-0.05, 0) is 148 Å². The van der Waals surface area contributed by atoms with E-state index < -0.39 is 58.4 Å². The van der Waals surface area contributed by atoms with Crippen LogP contribution in [-0.4, -0.2) is 227 Å². The minimum absolute atomic E-state index is 0.0705. The van der Waals surface area contributed by atoms with Crippen LogP contribution in [-0.2, 0) is 24.3 Å². The Bertz CT molecular complexity index is 4470. The average Bonchev–Trinajstić information content (AvgIpc) is 0.794. The van der Waals surface area contributed by atoms with Gasteiger partial charge in [-0.15, -0.1) is 0 Å². The lowest BCUT2D eigenvalue weighted by Crippen LogP contribution is -2.51. The first kappa shape index (κ1) is 89.3. The molecule has 0 aliphatic carbocycles. The van der Waals surface area contributed by atoms with E-state index in [0.717, 1.165) is 140 Å². The van der Waals surface area contributed by atoms with Crippen LogP contribution in [0.3, 0.4) is 0 Å². The van der Waals surface area contributed by atoms with Crippen LogP contribution in [0.4, 0.5) is 90.6 Å². The van der Waals surface area contributed by atoms with Gasteiger partial charge < -0.3 is 58.6 Å². The monoisotopic (exact) mass is 1650 g/mol. The maximum absolute atomic E-state index is 14.8. The Morgan fingerprint density at radius 1 is 0.427 bits per heavy atom. The zero-order valence-electron chi connectivity index (χ0n) is 69.1. The number of amides is 3. The minimum Gasteiger partial charge on any atom is -0.450 e. The molecule has 640 valence electrons. The third-order valence-corrected chi connectivity index (χ3v) is 25.3. The SMILES string of the molecule is CC(C)C(=O)N1CCN(c2cc(N3CCCCC3C)c(F)cc2[N+](=O)[O-])CC1.CC1CCCCN1c1cc(N2CCN(C(=O)C(C)(C)C)CC2)c([N+](=O)[O-])cc1F.CCOC(=O)N1CCN(c2cc(N3CCCCC3C)c(F)cc2[N+](=O)[O-])CC1.Cc1ccc(S(=O)(=O)N2CCN(c3cc(N4CCCCC4)c(F)cc3[N+](=O)[O-])CC2)cc1. The van der Waals surface area contributed by atoms with Crippen molar-refractivity contribution in [3.05, 3.63) is 142 Å². The molecule has 3 unspecified atom stereocenters. The summed E-state index contributed by atoms with van der Waals surface area (Å²) in [6.45, 7) is 29.9. The number of nitro groups is 4. The van der Waals surface area contributed by atoms with Crippen LogP contribution in [0.15, 0.2) is 77.7 Å². The van der Waals surface area contributed by atoms with Crippen molar-refractivity contribution in [2.45, 2.75) is 169 Å². The first-order valence-corrected chi connectivity index (χ1v) is 42.5. The molecule has 117 heavy (non-hydrogen) atoms. The summed E-state index contributed by atoms with van der Waals surface area (Å²) >= 11 is 0. The Morgan fingerprint density at radius 3 is 1.06 bits per heavy atom. The molecule has 8 heterocycles. The van der Waals surface area contributed by atoms with Crippen LogP contribution >= 0.6 is 0 Å². The molecular weight excluding hydrogens is 1540 g/mol. The summed E-state index contributed by atoms with van der Waals surface area (Å²) in [6.07, 6.45) is 11.9. The number of piperazine rings is 4. The van der Waals surface area contributed by atoms with Crippen LogP contribution in [0.5, 0.6) is 0 Å². The standard InChI is InChI=1S/C22H27FN4O4S.C21H31FN4O3.C20H29FN4O3.C19H27FN4O4/c1-17-5-7-18(8-6-17)32(30,31)26-13-11-25(12-14-26)21-16-20(24-9-3-2-4-10-24)19(23)15-22(21)27(28)29;1-15-7-5-6-8-25(15)17-14-18(19(26(28)29)13-16(17)22)23-9-11-24(12-10-23)20(27)21(2,3)4;1-14(2)20(26)23-10-8-22(9-11-23)18-13-17(16(21)12-19(18)25(27)28)24-7-5-4-6-15(24)3;1-3-28-19(25)22-10-8-21(9-11-22)17-13-16(15(20)12-18(17)24(26)27)23-7-5-4-6-14(23)2/h5-8,15-16H,2-4,9-14H2,1H3;13-15H,5-12H2,1-4H3;12-15H,4-11H2,1-3H3;12-14H,3-11H2,1-2H3. The molecule has 8 aliphatic rings. The molecule has 8 fully saturated rings. The van der Waals surface area contributed by atoms with Crippen molar-refractivity contribution >= 4 is 96.2 Å². The van der Waals surface area contributed by atoms with E-state index in [2.05, 4.69) is 20.8 Å². The number of ether oxygens (including phenoxy) is 1. The molecule has 0 N–H and O–H groups in total. The summed E-state index contributed by atoms with van der Waals surface area (Å²) < 4.78 is 91.4. The van der Waals surface area contributed by atoms with E-state index in [1.807, 2.05) is 75.8 Å². The van der Waals surface area contributed by atoms with Crippen molar-refractivity contribution in [3.63, 3.8) is 0 Å². The van der Waals surface area contributed by atoms with E-state index in [4.69, 9.17) is 4.74 Å². The normalized spacial score (nSPS) is 19.9. The van der Waals surface area contributed by atoms with Crippen LogP contribution in [0.25, 0.3) is 0 Å². The van der Waals surface area contributed by atoms with Gasteiger partial charge in [0.25, 0.3) is 22.7 Å². The van der Waals surface area contributed by atoms with Gasteiger partial charge in [0.1, 0.15) is 22.7 Å². The Balaban J connectivity index is 0.000000165. The average molecular weight is 1660 g/mol. The molecule has 5 aromatic carbocycles. The van der Waals surface area contributed by atoms with Crippen LogP contribution < -0.4 is 39.2 Å². The molecular formula is C82H114F4N16O14S. The van der Waals surface area contributed by atoms with Crippen molar-refractivity contribution in [1.82, 2.24) is 19.0 Å². The van der Waals surface area contributed by atoms with Gasteiger partial charge >= 0.3 is 6.09 Å². The number of halogens is 4. The number of piperidine rings is 4. The van der Waals surface area contributed by atoms with E-state index in [-0.39, 0.29) is 95.8 Å². The fourth-order valence-corrected chi connectivity index (χ4v) is 18.1. The largest absolute Gasteiger partial charge is 0.450 e. The number of benzene rings is 5. The van der Waals surface area contributed by atoms with Crippen molar-refractivity contribution in [3.8, 4) is 0 Å². The molecule has 30 nitrogen and oxygen atoms in total. The van der Waals surface area contributed by atoms with Crippen LogP contribution in [0, 0.1) is 82.0 Å². The molecule has 3 amide bonds. The van der Waals surface area contributed by atoms with E-state index in [1.54, 1.807) is 75.1 Å². The highest BCUT2D eigenvalue weighted by Gasteiger charge is 2.38. The molecule has 5 aromatic rings. The molecule has 0 bridgehead atoms. The Labute approximate surface area is 682 Å². The molecule has 0 radical (unpaired) electrons. The molecule has 0 aromatic heterocycles. The molecule has 0 saturated carbocycles. The lowest BCUT2D eigenvalue weighted by atomic mass is 9.94. The van der Waals surface area contributed by atoms with Gasteiger partial charge in [-0.25, -0.2) is 30.8 Å². The quantitative estimate of drug-likeness (QED) is 0.0503. The number of nitro benzene ring substituents is 4. The summed E-state index contributed by atoms with van der Waals surface area (Å²) in [5, 5.41) is 46.3. The van der Waals surface area contributed by atoms with Crippen LogP contribution in [0.1, 0.15) is 145 Å². The van der Waals surface area contributed by atoms with Gasteiger partial charge in [0.05, 0.1) is 78.2 Å². The van der Waals surface area contributed by atoms with Gasteiger partial charge in [-0.3, -0.25) is 50.0 Å². The van der Waals surface area contributed by atoms with Gasteiger partial charge in [0.15, 0.2) is 23.3 Å². The fourth-order valence-electron chi connectivity index (χ4n) is 16.7. The molecule has 8 saturated heterocycles. The predicted molar refractivity (Wildman–Crippen MR) is 445 cm³/mol. The van der Waals surface area contributed by atoms with E-state index in [0.29, 0.717) is 131 Å². The molecule has 8 aliphatic heterocycles. The van der Waals surface area contributed by atoms with Crippen molar-refractivity contribution in [2.24, 2.45) is 11.3 Å². The molecule has 35 heteroatoms. The van der Waals surface area contributed by atoms with Crippen LogP contribution in [0.2, 0.25) is 0 Å². The third kappa shape index (κ3) is 21.6. The highest BCUT2D eigenvalue weighted by Crippen LogP contribution is 2.43. The predicted octanol–water partition coefficient (Wildman–Crippen LogP) is 14.2. The number of sulfonamides is 1. The smallest absolute Gasteiger partial charge is 0.409 e. The van der Waals surface area contributed by atoms with Crippen molar-refractivity contribution < 1.29 is 64.8 Å². The maximum atomic E-state index is 14.8. The fraction of sp³-hybridized carbons (Fsp3) is 0.598. The number of hydrogen-bond donors (Lipinski definition) is 0.